The van der Waals surface area contributed by atoms with Crippen LogP contribution in [0.3, 0.4) is 0 Å². The number of likely N-dealkylation sites (tertiary alicyclic amines) is 1. The minimum atomic E-state index is -4.34. The number of benzene rings is 1. The van der Waals surface area contributed by atoms with Crippen LogP contribution < -0.4 is 5.32 Å². The molecule has 0 bridgehead atoms. The van der Waals surface area contributed by atoms with E-state index < -0.39 is 11.7 Å². The number of carbonyl (C=O) groups excluding carboxylic acids is 1. The van der Waals surface area contributed by atoms with E-state index in [9.17, 15) is 18.0 Å². The largest absolute Gasteiger partial charge is 0.416 e. The van der Waals surface area contributed by atoms with Gasteiger partial charge in [-0.25, -0.2) is 0 Å². The SMILES string of the molecule is CN1CCCC(NC(=O)Cc2ccc(C(F)(F)F)cc2)C1. The van der Waals surface area contributed by atoms with Crippen LogP contribution in [0.2, 0.25) is 0 Å². The molecule has 1 fully saturated rings. The average molecular weight is 300 g/mol. The Labute approximate surface area is 122 Å². The molecule has 21 heavy (non-hydrogen) atoms. The maximum atomic E-state index is 12.4. The fraction of sp³-hybridized carbons (Fsp3) is 0.533. The van der Waals surface area contributed by atoms with Crippen molar-refractivity contribution in [2.75, 3.05) is 20.1 Å². The first kappa shape index (κ1) is 15.8. The molecule has 1 aliphatic rings. The lowest BCUT2D eigenvalue weighted by molar-refractivity contribution is -0.137. The molecule has 2 rings (SSSR count). The van der Waals surface area contributed by atoms with Gasteiger partial charge in [-0.05, 0) is 44.1 Å². The van der Waals surface area contributed by atoms with Crippen molar-refractivity contribution in [2.24, 2.45) is 0 Å². The summed E-state index contributed by atoms with van der Waals surface area (Å²) < 4.78 is 37.3. The maximum Gasteiger partial charge on any atom is 0.416 e. The summed E-state index contributed by atoms with van der Waals surface area (Å²) in [6, 6.07) is 4.87. The van der Waals surface area contributed by atoms with Crippen molar-refractivity contribution in [2.45, 2.75) is 31.5 Å². The Hall–Kier alpha value is -1.56. The fourth-order valence-corrected chi connectivity index (χ4v) is 2.56. The van der Waals surface area contributed by atoms with Gasteiger partial charge in [0.25, 0.3) is 0 Å². The van der Waals surface area contributed by atoms with Crippen LogP contribution >= 0.6 is 0 Å². The molecule has 1 aromatic rings. The molecular formula is C15H19F3N2O. The number of halogens is 3. The summed E-state index contributed by atoms with van der Waals surface area (Å²) in [5, 5.41) is 2.94. The van der Waals surface area contributed by atoms with Gasteiger partial charge in [-0.1, -0.05) is 12.1 Å². The van der Waals surface area contributed by atoms with E-state index >= 15 is 0 Å². The van der Waals surface area contributed by atoms with Crippen molar-refractivity contribution in [1.29, 1.82) is 0 Å². The van der Waals surface area contributed by atoms with Crippen LogP contribution in [-0.2, 0) is 17.4 Å². The van der Waals surface area contributed by atoms with Crippen molar-refractivity contribution < 1.29 is 18.0 Å². The number of hydrogen-bond donors (Lipinski definition) is 1. The van der Waals surface area contributed by atoms with E-state index in [1.165, 1.54) is 12.1 Å². The molecule has 1 amide bonds. The topological polar surface area (TPSA) is 32.3 Å². The summed E-state index contributed by atoms with van der Waals surface area (Å²) in [5.74, 6) is -0.143. The number of amides is 1. The molecule has 1 aromatic carbocycles. The monoisotopic (exact) mass is 300 g/mol. The summed E-state index contributed by atoms with van der Waals surface area (Å²) >= 11 is 0. The van der Waals surface area contributed by atoms with E-state index in [0.717, 1.165) is 38.1 Å². The van der Waals surface area contributed by atoms with Crippen LogP contribution in [0.1, 0.15) is 24.0 Å². The van der Waals surface area contributed by atoms with Gasteiger partial charge in [-0.15, -0.1) is 0 Å². The van der Waals surface area contributed by atoms with Gasteiger partial charge < -0.3 is 10.2 Å². The Bertz CT molecular complexity index is 485. The van der Waals surface area contributed by atoms with E-state index in [0.29, 0.717) is 5.56 Å². The number of nitrogens with zero attached hydrogens (tertiary/aromatic N) is 1. The number of hydrogen-bond acceptors (Lipinski definition) is 2. The first-order chi connectivity index (χ1) is 9.84. The van der Waals surface area contributed by atoms with E-state index in [1.54, 1.807) is 0 Å². The minimum Gasteiger partial charge on any atom is -0.352 e. The van der Waals surface area contributed by atoms with Crippen molar-refractivity contribution in [1.82, 2.24) is 10.2 Å². The summed E-state index contributed by atoms with van der Waals surface area (Å²) in [6.45, 7) is 1.85. The van der Waals surface area contributed by atoms with Gasteiger partial charge in [0.1, 0.15) is 0 Å². The van der Waals surface area contributed by atoms with Gasteiger partial charge in [0, 0.05) is 12.6 Å². The van der Waals surface area contributed by atoms with E-state index in [2.05, 4.69) is 10.2 Å². The highest BCUT2D eigenvalue weighted by molar-refractivity contribution is 5.78. The van der Waals surface area contributed by atoms with Crippen molar-refractivity contribution >= 4 is 5.91 Å². The van der Waals surface area contributed by atoms with Gasteiger partial charge >= 0.3 is 6.18 Å². The van der Waals surface area contributed by atoms with Crippen LogP contribution in [0.15, 0.2) is 24.3 Å². The number of rotatable bonds is 3. The molecule has 1 aliphatic heterocycles. The molecule has 1 atom stereocenters. The Morgan fingerprint density at radius 1 is 1.33 bits per heavy atom. The van der Waals surface area contributed by atoms with Crippen molar-refractivity contribution in [3.63, 3.8) is 0 Å². The summed E-state index contributed by atoms with van der Waals surface area (Å²) in [5.41, 5.74) is -0.106. The second-order valence-electron chi connectivity index (χ2n) is 5.54. The number of piperidine rings is 1. The van der Waals surface area contributed by atoms with Crippen LogP contribution in [0, 0.1) is 0 Å². The Morgan fingerprint density at radius 3 is 2.57 bits per heavy atom. The molecule has 0 spiro atoms. The van der Waals surface area contributed by atoms with E-state index in [1.807, 2.05) is 7.05 Å². The van der Waals surface area contributed by atoms with E-state index in [-0.39, 0.29) is 18.4 Å². The van der Waals surface area contributed by atoms with Crippen LogP contribution in [-0.4, -0.2) is 37.0 Å². The summed E-state index contributed by atoms with van der Waals surface area (Å²) in [7, 11) is 2.01. The minimum absolute atomic E-state index is 0.109. The molecule has 0 radical (unpaired) electrons. The zero-order chi connectivity index (χ0) is 15.5. The molecule has 1 unspecified atom stereocenters. The van der Waals surface area contributed by atoms with Gasteiger partial charge in [-0.3, -0.25) is 4.79 Å². The lowest BCUT2D eigenvalue weighted by atomic mass is 10.0. The first-order valence-corrected chi connectivity index (χ1v) is 6.98. The van der Waals surface area contributed by atoms with Gasteiger partial charge in [0.2, 0.25) is 5.91 Å². The molecule has 116 valence electrons. The van der Waals surface area contributed by atoms with Crippen LogP contribution in [0.25, 0.3) is 0 Å². The second kappa shape index (κ2) is 6.47. The van der Waals surface area contributed by atoms with Gasteiger partial charge in [0.05, 0.1) is 12.0 Å². The lowest BCUT2D eigenvalue weighted by Crippen LogP contribution is -2.46. The Morgan fingerprint density at radius 2 is 2.00 bits per heavy atom. The number of carbonyl (C=O) groups is 1. The molecule has 0 aliphatic carbocycles. The first-order valence-electron chi connectivity index (χ1n) is 6.98. The fourth-order valence-electron chi connectivity index (χ4n) is 2.56. The number of likely N-dealkylation sites (N-methyl/N-ethyl adjacent to an activating group) is 1. The zero-order valence-corrected chi connectivity index (χ0v) is 11.9. The van der Waals surface area contributed by atoms with Gasteiger partial charge in [0.15, 0.2) is 0 Å². The molecule has 1 heterocycles. The molecular weight excluding hydrogens is 281 g/mol. The highest BCUT2D eigenvalue weighted by Gasteiger charge is 2.30. The molecule has 0 saturated carbocycles. The third-order valence-corrected chi connectivity index (χ3v) is 3.64. The second-order valence-corrected chi connectivity index (χ2v) is 5.54. The number of alkyl halides is 3. The van der Waals surface area contributed by atoms with E-state index in [4.69, 9.17) is 0 Å². The van der Waals surface area contributed by atoms with Crippen LogP contribution in [0.4, 0.5) is 13.2 Å². The highest BCUT2D eigenvalue weighted by atomic mass is 19.4. The molecule has 0 aromatic heterocycles. The standard InChI is InChI=1S/C15H19F3N2O/c1-20-8-2-3-13(10-20)19-14(21)9-11-4-6-12(7-5-11)15(16,17)18/h4-7,13H,2-3,8-10H2,1H3,(H,19,21). The smallest absolute Gasteiger partial charge is 0.352 e. The van der Waals surface area contributed by atoms with Gasteiger partial charge in [-0.2, -0.15) is 13.2 Å². The maximum absolute atomic E-state index is 12.4. The van der Waals surface area contributed by atoms with Crippen molar-refractivity contribution in [3.8, 4) is 0 Å². The quantitative estimate of drug-likeness (QED) is 0.930. The Balaban J connectivity index is 1.87. The lowest BCUT2D eigenvalue weighted by Gasteiger charge is -2.30. The predicted octanol–water partition coefficient (Wildman–Crippen LogP) is 2.46. The van der Waals surface area contributed by atoms with Crippen LogP contribution in [0.5, 0.6) is 0 Å². The average Bonchev–Trinajstić information content (AvgIpc) is 2.38. The zero-order valence-electron chi connectivity index (χ0n) is 11.9. The third-order valence-electron chi connectivity index (χ3n) is 3.64. The molecule has 1 saturated heterocycles. The van der Waals surface area contributed by atoms with Crippen molar-refractivity contribution in [3.05, 3.63) is 35.4 Å². The molecule has 1 N–H and O–H groups in total. The Kier molecular flexibility index (Phi) is 4.88. The predicted molar refractivity (Wildman–Crippen MR) is 73.8 cm³/mol. The summed E-state index contributed by atoms with van der Waals surface area (Å²) in [6.07, 6.45) is -2.24. The summed E-state index contributed by atoms with van der Waals surface area (Å²) in [4.78, 5) is 14.1. The normalized spacial score (nSPS) is 20.3. The molecule has 3 nitrogen and oxygen atoms in total. The highest BCUT2D eigenvalue weighted by Crippen LogP contribution is 2.29. The molecule has 6 heteroatoms. The number of nitrogens with one attached hydrogen (secondary N) is 1. The third kappa shape index (κ3) is 4.74.